The van der Waals surface area contributed by atoms with E-state index in [4.69, 9.17) is 0 Å². The molecule has 0 radical (unpaired) electrons. The summed E-state index contributed by atoms with van der Waals surface area (Å²) in [5.74, 6) is 0. The standard InChI is InChI=1S/C28H25N/c1-27(2)19-11-3-5-13-21(19)28(22-14-6-4-12-20(22)27)23-15-7-9-17-25(23)29-26-18-10-8-16-24(26)28/h3,5-11,13-18,29H,4,12H2,1-2H3. The highest BCUT2D eigenvalue weighted by atomic mass is 14.9. The van der Waals surface area contributed by atoms with Crippen LogP contribution in [0.25, 0.3) is 0 Å². The van der Waals surface area contributed by atoms with Crippen molar-refractivity contribution in [3.8, 4) is 0 Å². The van der Waals surface area contributed by atoms with Gasteiger partial charge in [0.05, 0.1) is 5.41 Å². The van der Waals surface area contributed by atoms with Gasteiger partial charge < -0.3 is 5.32 Å². The Morgan fingerprint density at radius 1 is 0.690 bits per heavy atom. The summed E-state index contributed by atoms with van der Waals surface area (Å²) in [5, 5.41) is 3.71. The second kappa shape index (κ2) is 5.73. The summed E-state index contributed by atoms with van der Waals surface area (Å²) >= 11 is 0. The van der Waals surface area contributed by atoms with Crippen molar-refractivity contribution in [3.63, 3.8) is 0 Å². The van der Waals surface area contributed by atoms with Crippen molar-refractivity contribution in [2.45, 2.75) is 37.5 Å². The van der Waals surface area contributed by atoms with E-state index in [1.807, 2.05) is 0 Å². The van der Waals surface area contributed by atoms with Gasteiger partial charge in [-0.25, -0.2) is 0 Å². The van der Waals surface area contributed by atoms with E-state index in [0.717, 1.165) is 12.8 Å². The Morgan fingerprint density at radius 2 is 1.24 bits per heavy atom. The van der Waals surface area contributed by atoms with Gasteiger partial charge in [0, 0.05) is 16.8 Å². The number of para-hydroxylation sites is 2. The van der Waals surface area contributed by atoms with E-state index in [0.29, 0.717) is 0 Å². The van der Waals surface area contributed by atoms with Crippen molar-refractivity contribution in [1.82, 2.24) is 0 Å². The molecular weight excluding hydrogens is 350 g/mol. The summed E-state index contributed by atoms with van der Waals surface area (Å²) in [6.07, 6.45) is 7.06. The van der Waals surface area contributed by atoms with Gasteiger partial charge in [-0.2, -0.15) is 0 Å². The Labute approximate surface area is 172 Å². The summed E-state index contributed by atoms with van der Waals surface area (Å²) in [7, 11) is 0. The molecule has 0 unspecified atom stereocenters. The van der Waals surface area contributed by atoms with Gasteiger partial charge in [0.25, 0.3) is 0 Å². The van der Waals surface area contributed by atoms with Gasteiger partial charge in [0.15, 0.2) is 0 Å². The Kier molecular flexibility index (Phi) is 3.33. The van der Waals surface area contributed by atoms with Crippen LogP contribution in [0.3, 0.4) is 0 Å². The molecular formula is C28H25N. The summed E-state index contributed by atoms with van der Waals surface area (Å²) in [6.45, 7) is 4.82. The maximum Gasteiger partial charge on any atom is 0.0744 e. The second-order valence-corrected chi connectivity index (χ2v) is 8.97. The number of hydrogen-bond donors (Lipinski definition) is 1. The van der Waals surface area contributed by atoms with Gasteiger partial charge in [0.1, 0.15) is 0 Å². The van der Waals surface area contributed by atoms with E-state index in [1.54, 1.807) is 5.57 Å². The van der Waals surface area contributed by atoms with Crippen LogP contribution < -0.4 is 5.32 Å². The first-order valence-corrected chi connectivity index (χ1v) is 10.6. The van der Waals surface area contributed by atoms with Crippen LogP contribution in [0.5, 0.6) is 0 Å². The fraction of sp³-hybridized carbons (Fsp3) is 0.214. The van der Waals surface area contributed by atoms with Crippen molar-refractivity contribution >= 4 is 11.4 Å². The molecule has 0 fully saturated rings. The lowest BCUT2D eigenvalue weighted by Gasteiger charge is -2.52. The molecule has 0 bridgehead atoms. The molecule has 1 spiro atoms. The molecule has 29 heavy (non-hydrogen) atoms. The Morgan fingerprint density at radius 3 is 1.90 bits per heavy atom. The highest BCUT2D eigenvalue weighted by Gasteiger charge is 2.52. The van der Waals surface area contributed by atoms with E-state index in [-0.39, 0.29) is 10.8 Å². The van der Waals surface area contributed by atoms with Crippen LogP contribution in [0.4, 0.5) is 11.4 Å². The number of nitrogens with one attached hydrogen (secondary N) is 1. The zero-order valence-corrected chi connectivity index (χ0v) is 17.0. The molecule has 142 valence electrons. The van der Waals surface area contributed by atoms with Crippen molar-refractivity contribution in [1.29, 1.82) is 0 Å². The average molecular weight is 376 g/mol. The molecule has 0 aromatic heterocycles. The average Bonchev–Trinajstić information content (AvgIpc) is 2.77. The highest BCUT2D eigenvalue weighted by molar-refractivity contribution is 5.84. The lowest BCUT2D eigenvalue weighted by atomic mass is 9.52. The van der Waals surface area contributed by atoms with Crippen molar-refractivity contribution in [2.24, 2.45) is 0 Å². The molecule has 0 atom stereocenters. The number of rotatable bonds is 0. The summed E-state index contributed by atoms with van der Waals surface area (Å²) in [6, 6.07) is 26.9. The lowest BCUT2D eigenvalue weighted by molar-refractivity contribution is 0.520. The Hall–Kier alpha value is -3.06. The third kappa shape index (κ3) is 2.00. The van der Waals surface area contributed by atoms with Crippen molar-refractivity contribution in [2.75, 3.05) is 5.32 Å². The molecule has 3 aromatic rings. The van der Waals surface area contributed by atoms with E-state index in [1.165, 1.54) is 39.2 Å². The molecule has 3 aromatic carbocycles. The van der Waals surface area contributed by atoms with Crippen LogP contribution in [0.1, 0.15) is 48.9 Å². The van der Waals surface area contributed by atoms with Gasteiger partial charge in [-0.05, 0) is 52.8 Å². The first-order chi connectivity index (χ1) is 14.1. The number of allylic oxidation sites excluding steroid dienone is 4. The minimum absolute atomic E-state index is 0.0384. The van der Waals surface area contributed by atoms with Crippen molar-refractivity contribution in [3.05, 3.63) is 118 Å². The fourth-order valence-electron chi connectivity index (χ4n) is 6.04. The molecule has 1 N–H and O–H groups in total. The smallest absolute Gasteiger partial charge is 0.0744 e. The van der Waals surface area contributed by atoms with Gasteiger partial charge in [-0.1, -0.05) is 92.2 Å². The fourth-order valence-corrected chi connectivity index (χ4v) is 6.04. The first-order valence-electron chi connectivity index (χ1n) is 10.6. The summed E-state index contributed by atoms with van der Waals surface area (Å²) < 4.78 is 0. The number of fused-ring (bicyclic) bond motifs is 7. The van der Waals surface area contributed by atoms with Crippen LogP contribution >= 0.6 is 0 Å². The lowest BCUT2D eigenvalue weighted by Crippen LogP contribution is -2.44. The van der Waals surface area contributed by atoms with Gasteiger partial charge >= 0.3 is 0 Å². The molecule has 0 amide bonds. The second-order valence-electron chi connectivity index (χ2n) is 8.97. The van der Waals surface area contributed by atoms with E-state index in [2.05, 4.69) is 104 Å². The molecule has 0 saturated heterocycles. The maximum absolute atomic E-state index is 3.71. The molecule has 0 saturated carbocycles. The minimum atomic E-state index is -0.267. The van der Waals surface area contributed by atoms with Gasteiger partial charge in [-0.15, -0.1) is 0 Å². The Balaban J connectivity index is 1.86. The topological polar surface area (TPSA) is 12.0 Å². The number of anilines is 2. The van der Waals surface area contributed by atoms with E-state index in [9.17, 15) is 0 Å². The first kappa shape index (κ1) is 16.9. The van der Waals surface area contributed by atoms with Crippen molar-refractivity contribution < 1.29 is 0 Å². The summed E-state index contributed by atoms with van der Waals surface area (Å²) in [5.41, 5.74) is 10.9. The summed E-state index contributed by atoms with van der Waals surface area (Å²) in [4.78, 5) is 0. The van der Waals surface area contributed by atoms with Crippen LogP contribution in [0.15, 0.2) is 96.1 Å². The molecule has 2 aliphatic carbocycles. The third-order valence-electron chi connectivity index (χ3n) is 7.26. The zero-order valence-electron chi connectivity index (χ0n) is 17.0. The SMILES string of the molecule is CC1(C)C2=C(C=CCC2)C2(c3ccccc3Nc3ccccc32)c2ccccc21. The molecule has 6 rings (SSSR count). The van der Waals surface area contributed by atoms with Gasteiger partial charge in [-0.3, -0.25) is 0 Å². The van der Waals surface area contributed by atoms with Crippen LogP contribution in [-0.4, -0.2) is 0 Å². The third-order valence-corrected chi connectivity index (χ3v) is 7.26. The maximum atomic E-state index is 3.71. The normalized spacial score (nSPS) is 19.7. The van der Waals surface area contributed by atoms with E-state index >= 15 is 0 Å². The Bertz CT molecular complexity index is 1160. The monoisotopic (exact) mass is 375 g/mol. The quantitative estimate of drug-likeness (QED) is 0.445. The molecule has 1 aliphatic heterocycles. The predicted octanol–water partition coefficient (Wildman–Crippen LogP) is 7.02. The molecule has 1 heteroatoms. The van der Waals surface area contributed by atoms with Gasteiger partial charge in [0.2, 0.25) is 0 Å². The highest BCUT2D eigenvalue weighted by Crippen LogP contribution is 2.61. The van der Waals surface area contributed by atoms with Crippen LogP contribution in [0.2, 0.25) is 0 Å². The minimum Gasteiger partial charge on any atom is -0.355 e. The molecule has 1 nitrogen and oxygen atoms in total. The zero-order chi connectivity index (χ0) is 19.6. The number of benzene rings is 3. The van der Waals surface area contributed by atoms with Crippen LogP contribution in [-0.2, 0) is 10.8 Å². The molecule has 3 aliphatic rings. The van der Waals surface area contributed by atoms with E-state index < -0.39 is 0 Å². The molecule has 1 heterocycles. The van der Waals surface area contributed by atoms with Crippen LogP contribution in [0, 0.1) is 0 Å². The largest absolute Gasteiger partial charge is 0.355 e. The predicted molar refractivity (Wildman–Crippen MR) is 121 cm³/mol. The number of hydrogen-bond acceptors (Lipinski definition) is 1.